The first kappa shape index (κ1) is 13.8. The van der Waals surface area contributed by atoms with Crippen LogP contribution in [0.5, 0.6) is 5.75 Å². The maximum Gasteiger partial charge on any atom is 0.416 e. The van der Waals surface area contributed by atoms with Crippen LogP contribution in [-0.4, -0.2) is 26.4 Å². The third-order valence-corrected chi connectivity index (χ3v) is 2.41. The Morgan fingerprint density at radius 2 is 1.95 bits per heavy atom. The number of amides is 1. The molecule has 0 aliphatic heterocycles. The molecule has 20 heavy (non-hydrogen) atoms. The minimum atomic E-state index is -4.83. The standard InChI is InChI=1S/C10H6F4N4O2/c11-4-1-3(10(12,13)14)2-5(19)6(4)7-8(9(15)20)17-18-16-7/h1-2,19H,(H2,15,20)(H,16,17,18). The topological polar surface area (TPSA) is 105 Å². The number of benzene rings is 1. The molecule has 10 heteroatoms. The Kier molecular flexibility index (Phi) is 3.08. The van der Waals surface area contributed by atoms with E-state index in [2.05, 4.69) is 10.2 Å². The molecule has 2 aromatic rings. The van der Waals surface area contributed by atoms with E-state index in [4.69, 9.17) is 5.73 Å². The van der Waals surface area contributed by atoms with Gasteiger partial charge in [0.15, 0.2) is 5.69 Å². The van der Waals surface area contributed by atoms with Crippen LogP contribution in [0.15, 0.2) is 12.1 Å². The van der Waals surface area contributed by atoms with Crippen molar-refractivity contribution in [3.63, 3.8) is 0 Å². The quantitative estimate of drug-likeness (QED) is 0.727. The summed E-state index contributed by atoms with van der Waals surface area (Å²) in [5.41, 5.74) is 1.91. The number of hydrogen-bond donors (Lipinski definition) is 3. The molecule has 0 radical (unpaired) electrons. The predicted octanol–water partition coefficient (Wildman–Crippen LogP) is 1.43. The van der Waals surface area contributed by atoms with E-state index in [0.717, 1.165) is 0 Å². The minimum Gasteiger partial charge on any atom is -0.507 e. The molecule has 0 fully saturated rings. The fourth-order valence-corrected chi connectivity index (χ4v) is 1.57. The number of alkyl halides is 3. The summed E-state index contributed by atoms with van der Waals surface area (Å²) in [5, 5.41) is 18.3. The molecule has 0 atom stereocenters. The highest BCUT2D eigenvalue weighted by molar-refractivity contribution is 5.97. The van der Waals surface area contributed by atoms with E-state index in [1.165, 1.54) is 0 Å². The second kappa shape index (κ2) is 4.47. The number of H-pyrrole nitrogens is 1. The fraction of sp³-hybridized carbons (Fsp3) is 0.100. The van der Waals surface area contributed by atoms with Crippen LogP contribution in [0.3, 0.4) is 0 Å². The van der Waals surface area contributed by atoms with Crippen molar-refractivity contribution in [1.29, 1.82) is 0 Å². The number of primary amides is 1. The van der Waals surface area contributed by atoms with E-state index in [1.807, 2.05) is 5.21 Å². The average Bonchev–Trinajstić information content (AvgIpc) is 2.75. The number of phenols is 1. The van der Waals surface area contributed by atoms with Crippen molar-refractivity contribution in [2.24, 2.45) is 5.73 Å². The fourth-order valence-electron chi connectivity index (χ4n) is 1.57. The molecule has 1 aromatic heterocycles. The molecule has 0 spiro atoms. The Labute approximate surface area is 108 Å². The minimum absolute atomic E-state index is 0.175. The molecule has 0 aliphatic rings. The Balaban J connectivity index is 2.65. The number of nitrogens with zero attached hydrogens (tertiary/aromatic N) is 2. The number of nitrogens with one attached hydrogen (secondary N) is 1. The lowest BCUT2D eigenvalue weighted by Crippen LogP contribution is -2.13. The van der Waals surface area contributed by atoms with E-state index in [9.17, 15) is 27.5 Å². The Hall–Kier alpha value is -2.65. The molecule has 1 heterocycles. The van der Waals surface area contributed by atoms with Crippen molar-refractivity contribution >= 4 is 5.91 Å². The van der Waals surface area contributed by atoms with Gasteiger partial charge in [0.2, 0.25) is 0 Å². The van der Waals surface area contributed by atoms with Crippen molar-refractivity contribution in [2.45, 2.75) is 6.18 Å². The largest absolute Gasteiger partial charge is 0.507 e. The van der Waals surface area contributed by atoms with E-state index in [0.29, 0.717) is 6.07 Å². The van der Waals surface area contributed by atoms with Gasteiger partial charge in [-0.2, -0.15) is 28.6 Å². The first-order valence-electron chi connectivity index (χ1n) is 5.02. The zero-order chi connectivity index (χ0) is 15.1. The maximum absolute atomic E-state index is 13.8. The van der Waals surface area contributed by atoms with Crippen LogP contribution >= 0.6 is 0 Å². The molecule has 0 saturated heterocycles. The summed E-state index contributed by atoms with van der Waals surface area (Å²) in [5.74, 6) is -3.52. The van der Waals surface area contributed by atoms with Gasteiger partial charge >= 0.3 is 6.18 Å². The molecule has 1 amide bonds. The van der Waals surface area contributed by atoms with Crippen LogP contribution in [-0.2, 0) is 6.18 Å². The van der Waals surface area contributed by atoms with E-state index in [-0.39, 0.29) is 6.07 Å². The molecule has 0 unspecified atom stereocenters. The van der Waals surface area contributed by atoms with E-state index in [1.54, 1.807) is 0 Å². The lowest BCUT2D eigenvalue weighted by Gasteiger charge is -2.10. The summed E-state index contributed by atoms with van der Waals surface area (Å²) < 4.78 is 51.1. The van der Waals surface area contributed by atoms with Gasteiger partial charge in [-0.25, -0.2) is 4.39 Å². The van der Waals surface area contributed by atoms with Crippen LogP contribution in [0.1, 0.15) is 16.1 Å². The normalized spacial score (nSPS) is 11.6. The Morgan fingerprint density at radius 3 is 2.45 bits per heavy atom. The molecule has 4 N–H and O–H groups in total. The summed E-state index contributed by atoms with van der Waals surface area (Å²) in [6.07, 6.45) is -4.83. The van der Waals surface area contributed by atoms with Crippen LogP contribution in [0.4, 0.5) is 17.6 Å². The number of halogens is 4. The molecular formula is C10H6F4N4O2. The van der Waals surface area contributed by atoms with Crippen LogP contribution < -0.4 is 5.73 Å². The van der Waals surface area contributed by atoms with E-state index < -0.39 is 46.2 Å². The summed E-state index contributed by atoms with van der Waals surface area (Å²) >= 11 is 0. The second-order valence-corrected chi connectivity index (χ2v) is 3.74. The third kappa shape index (κ3) is 2.27. The average molecular weight is 290 g/mol. The maximum atomic E-state index is 13.8. The van der Waals surface area contributed by atoms with Crippen molar-refractivity contribution < 1.29 is 27.5 Å². The van der Waals surface area contributed by atoms with Gasteiger partial charge in [0.1, 0.15) is 17.3 Å². The molecule has 106 valence electrons. The molecule has 0 aliphatic carbocycles. The van der Waals surface area contributed by atoms with Gasteiger partial charge in [-0.1, -0.05) is 0 Å². The zero-order valence-electron chi connectivity index (χ0n) is 9.49. The molecule has 1 aromatic carbocycles. The van der Waals surface area contributed by atoms with Gasteiger partial charge in [-0.3, -0.25) is 4.79 Å². The number of nitrogens with two attached hydrogens (primary N) is 1. The van der Waals surface area contributed by atoms with Crippen LogP contribution in [0, 0.1) is 5.82 Å². The Morgan fingerprint density at radius 1 is 1.30 bits per heavy atom. The SMILES string of the molecule is NC(=O)c1n[nH]nc1-c1c(O)cc(C(F)(F)F)cc1F. The number of rotatable bonds is 2. The number of aromatic nitrogens is 3. The monoisotopic (exact) mass is 290 g/mol. The summed E-state index contributed by atoms with van der Waals surface area (Å²) in [6.45, 7) is 0. The van der Waals surface area contributed by atoms with Gasteiger partial charge in [0.05, 0.1) is 11.1 Å². The van der Waals surface area contributed by atoms with Crippen molar-refractivity contribution in [3.05, 3.63) is 29.2 Å². The summed E-state index contributed by atoms with van der Waals surface area (Å²) in [7, 11) is 0. The van der Waals surface area contributed by atoms with Crippen molar-refractivity contribution in [2.75, 3.05) is 0 Å². The highest BCUT2D eigenvalue weighted by Crippen LogP contribution is 2.38. The zero-order valence-corrected chi connectivity index (χ0v) is 9.49. The lowest BCUT2D eigenvalue weighted by atomic mass is 10.0. The van der Waals surface area contributed by atoms with Gasteiger partial charge < -0.3 is 10.8 Å². The number of aromatic hydroxyl groups is 1. The lowest BCUT2D eigenvalue weighted by molar-refractivity contribution is -0.137. The smallest absolute Gasteiger partial charge is 0.416 e. The molecule has 0 saturated carbocycles. The summed E-state index contributed by atoms with van der Waals surface area (Å²) in [4.78, 5) is 11.0. The number of phenolic OH excluding ortho intramolecular Hbond substituents is 1. The van der Waals surface area contributed by atoms with E-state index >= 15 is 0 Å². The number of carbonyl (C=O) groups excluding carboxylic acids is 1. The van der Waals surface area contributed by atoms with Crippen molar-refractivity contribution in [1.82, 2.24) is 15.4 Å². The predicted molar refractivity (Wildman–Crippen MR) is 57.0 cm³/mol. The Bertz CT molecular complexity index is 657. The van der Waals surface area contributed by atoms with Crippen molar-refractivity contribution in [3.8, 4) is 17.0 Å². The van der Waals surface area contributed by atoms with Gasteiger partial charge in [0.25, 0.3) is 5.91 Å². The number of hydrogen-bond acceptors (Lipinski definition) is 4. The molecule has 2 rings (SSSR count). The van der Waals surface area contributed by atoms with Crippen LogP contribution in [0.25, 0.3) is 11.3 Å². The second-order valence-electron chi connectivity index (χ2n) is 3.74. The van der Waals surface area contributed by atoms with Gasteiger partial charge in [-0.15, -0.1) is 0 Å². The third-order valence-electron chi connectivity index (χ3n) is 2.41. The highest BCUT2D eigenvalue weighted by atomic mass is 19.4. The number of carbonyl (C=O) groups is 1. The summed E-state index contributed by atoms with van der Waals surface area (Å²) in [6, 6.07) is 0.492. The molecule has 6 nitrogen and oxygen atoms in total. The van der Waals surface area contributed by atoms with Gasteiger partial charge in [0, 0.05) is 0 Å². The molecule has 0 bridgehead atoms. The highest BCUT2D eigenvalue weighted by Gasteiger charge is 2.33. The van der Waals surface area contributed by atoms with Crippen LogP contribution in [0.2, 0.25) is 0 Å². The molecular weight excluding hydrogens is 284 g/mol. The first-order valence-corrected chi connectivity index (χ1v) is 5.02. The number of aromatic amines is 1. The first-order chi connectivity index (χ1) is 9.21. The van der Waals surface area contributed by atoms with Gasteiger partial charge in [-0.05, 0) is 12.1 Å².